The molecule has 1 aliphatic rings. The van der Waals surface area contributed by atoms with Crippen LogP contribution in [0.3, 0.4) is 0 Å². The predicted octanol–water partition coefficient (Wildman–Crippen LogP) is 0.833. The van der Waals surface area contributed by atoms with E-state index >= 15 is 0 Å². The Balaban J connectivity index is 2.18. The number of aliphatic hydroxyl groups excluding tert-OH is 1. The second-order valence-corrected chi connectivity index (χ2v) is 4.76. The van der Waals surface area contributed by atoms with E-state index < -0.39 is 5.54 Å². The molecule has 0 saturated carbocycles. The van der Waals surface area contributed by atoms with Crippen molar-refractivity contribution in [3.05, 3.63) is 0 Å². The predicted molar refractivity (Wildman–Crippen MR) is 57.5 cm³/mol. The Bertz CT molecular complexity index is 210. The molecule has 0 spiro atoms. The van der Waals surface area contributed by atoms with Gasteiger partial charge in [0.2, 0.25) is 5.91 Å². The molecule has 1 saturated heterocycles. The van der Waals surface area contributed by atoms with Gasteiger partial charge in [-0.05, 0) is 33.1 Å². The average molecular weight is 215 g/mol. The van der Waals surface area contributed by atoms with Crippen LogP contribution in [0.4, 0.5) is 0 Å². The third kappa shape index (κ3) is 4.62. The highest BCUT2D eigenvalue weighted by Gasteiger charge is 2.21. The molecular formula is C11H21NO3. The highest BCUT2D eigenvalue weighted by atomic mass is 16.5. The lowest BCUT2D eigenvalue weighted by Gasteiger charge is -2.23. The molecule has 1 fully saturated rings. The van der Waals surface area contributed by atoms with Gasteiger partial charge in [-0.1, -0.05) is 0 Å². The van der Waals surface area contributed by atoms with Crippen LogP contribution in [0.15, 0.2) is 0 Å². The zero-order valence-electron chi connectivity index (χ0n) is 9.58. The van der Waals surface area contributed by atoms with E-state index in [2.05, 4.69) is 5.32 Å². The van der Waals surface area contributed by atoms with Crippen molar-refractivity contribution in [1.29, 1.82) is 0 Å². The molecule has 2 N–H and O–H groups in total. The smallest absolute Gasteiger partial charge is 0.220 e. The zero-order valence-corrected chi connectivity index (χ0v) is 9.58. The summed E-state index contributed by atoms with van der Waals surface area (Å²) in [5, 5.41) is 11.8. The summed E-state index contributed by atoms with van der Waals surface area (Å²) in [6, 6.07) is 0. The van der Waals surface area contributed by atoms with Crippen LogP contribution >= 0.6 is 0 Å². The molecule has 88 valence electrons. The first kappa shape index (κ1) is 12.5. The van der Waals surface area contributed by atoms with Crippen molar-refractivity contribution in [2.24, 2.45) is 0 Å². The Morgan fingerprint density at radius 3 is 2.87 bits per heavy atom. The number of hydrogen-bond acceptors (Lipinski definition) is 3. The second-order valence-electron chi connectivity index (χ2n) is 4.76. The molecular weight excluding hydrogens is 194 g/mol. The standard InChI is InChI=1S/C11H21NO3/c1-11(2,8-13)12-10(14)6-5-9-4-3-7-15-9/h9,13H,3-8H2,1-2H3,(H,12,14). The molecule has 4 heteroatoms. The number of ether oxygens (including phenoxy) is 1. The van der Waals surface area contributed by atoms with E-state index in [1.807, 2.05) is 0 Å². The fourth-order valence-electron chi connectivity index (χ4n) is 1.64. The van der Waals surface area contributed by atoms with E-state index in [0.29, 0.717) is 6.42 Å². The highest BCUT2D eigenvalue weighted by Crippen LogP contribution is 2.16. The second kappa shape index (κ2) is 5.47. The minimum atomic E-state index is -0.520. The third-order valence-corrected chi connectivity index (χ3v) is 2.59. The van der Waals surface area contributed by atoms with Gasteiger partial charge in [0.25, 0.3) is 0 Å². The van der Waals surface area contributed by atoms with Gasteiger partial charge >= 0.3 is 0 Å². The third-order valence-electron chi connectivity index (χ3n) is 2.59. The monoisotopic (exact) mass is 215 g/mol. The van der Waals surface area contributed by atoms with Gasteiger partial charge in [-0.15, -0.1) is 0 Å². The van der Waals surface area contributed by atoms with E-state index in [9.17, 15) is 4.79 Å². The maximum absolute atomic E-state index is 11.5. The SMILES string of the molecule is CC(C)(CO)NC(=O)CCC1CCCO1. The summed E-state index contributed by atoms with van der Waals surface area (Å²) in [6.45, 7) is 4.39. The summed E-state index contributed by atoms with van der Waals surface area (Å²) in [5.41, 5.74) is -0.520. The van der Waals surface area contributed by atoms with Gasteiger partial charge in [-0.2, -0.15) is 0 Å². The minimum absolute atomic E-state index is 0.00968. The molecule has 1 atom stereocenters. The van der Waals surface area contributed by atoms with Crippen molar-refractivity contribution in [3.8, 4) is 0 Å². The van der Waals surface area contributed by atoms with Crippen LogP contribution in [0.1, 0.15) is 39.5 Å². The number of amides is 1. The van der Waals surface area contributed by atoms with Crippen molar-refractivity contribution in [1.82, 2.24) is 5.32 Å². The summed E-state index contributed by atoms with van der Waals surface area (Å²) in [6.07, 6.45) is 3.69. The Labute approximate surface area is 91.0 Å². The minimum Gasteiger partial charge on any atom is -0.394 e. The average Bonchev–Trinajstić information content (AvgIpc) is 2.66. The van der Waals surface area contributed by atoms with Gasteiger partial charge in [0, 0.05) is 13.0 Å². The Morgan fingerprint density at radius 1 is 1.60 bits per heavy atom. The zero-order chi connectivity index (χ0) is 11.3. The van der Waals surface area contributed by atoms with Gasteiger partial charge < -0.3 is 15.2 Å². The van der Waals surface area contributed by atoms with Crippen molar-refractivity contribution in [3.63, 3.8) is 0 Å². The molecule has 1 heterocycles. The van der Waals surface area contributed by atoms with E-state index in [1.165, 1.54) is 0 Å². The summed E-state index contributed by atoms with van der Waals surface area (Å²) in [7, 11) is 0. The highest BCUT2D eigenvalue weighted by molar-refractivity contribution is 5.76. The van der Waals surface area contributed by atoms with Crippen LogP contribution in [0.25, 0.3) is 0 Å². The van der Waals surface area contributed by atoms with Gasteiger partial charge in [0.15, 0.2) is 0 Å². The topological polar surface area (TPSA) is 58.6 Å². The molecule has 0 aromatic heterocycles. The number of aliphatic hydroxyl groups is 1. The molecule has 0 aliphatic carbocycles. The Kier molecular flexibility index (Phi) is 4.54. The van der Waals surface area contributed by atoms with Gasteiger partial charge in [0.1, 0.15) is 0 Å². The van der Waals surface area contributed by atoms with Gasteiger partial charge in [0.05, 0.1) is 18.2 Å². The molecule has 1 unspecified atom stereocenters. The fourth-order valence-corrected chi connectivity index (χ4v) is 1.64. The molecule has 0 aromatic rings. The van der Waals surface area contributed by atoms with Crippen molar-refractivity contribution in [2.75, 3.05) is 13.2 Å². The lowest BCUT2D eigenvalue weighted by atomic mass is 10.1. The van der Waals surface area contributed by atoms with Gasteiger partial charge in [-0.25, -0.2) is 0 Å². The number of hydrogen-bond donors (Lipinski definition) is 2. The molecule has 1 aliphatic heterocycles. The summed E-state index contributed by atoms with van der Waals surface area (Å²) in [5.74, 6) is -0.00968. The number of carbonyl (C=O) groups is 1. The molecule has 0 radical (unpaired) electrons. The van der Waals surface area contributed by atoms with E-state index in [0.717, 1.165) is 25.9 Å². The fraction of sp³-hybridized carbons (Fsp3) is 0.909. The molecule has 4 nitrogen and oxygen atoms in total. The van der Waals surface area contributed by atoms with Crippen LogP contribution in [0.2, 0.25) is 0 Å². The first-order chi connectivity index (χ1) is 7.03. The first-order valence-corrected chi connectivity index (χ1v) is 5.57. The van der Waals surface area contributed by atoms with Crippen molar-refractivity contribution in [2.45, 2.75) is 51.2 Å². The van der Waals surface area contributed by atoms with Gasteiger partial charge in [-0.3, -0.25) is 4.79 Å². The number of rotatable bonds is 5. The number of carbonyl (C=O) groups excluding carboxylic acids is 1. The first-order valence-electron chi connectivity index (χ1n) is 5.57. The largest absolute Gasteiger partial charge is 0.394 e. The van der Waals surface area contributed by atoms with Crippen LogP contribution < -0.4 is 5.32 Å². The Hall–Kier alpha value is -0.610. The summed E-state index contributed by atoms with van der Waals surface area (Å²) >= 11 is 0. The molecule has 15 heavy (non-hydrogen) atoms. The molecule has 1 amide bonds. The van der Waals surface area contributed by atoms with Crippen molar-refractivity contribution < 1.29 is 14.6 Å². The molecule has 0 bridgehead atoms. The number of nitrogens with one attached hydrogen (secondary N) is 1. The maximum Gasteiger partial charge on any atom is 0.220 e. The molecule has 1 rings (SSSR count). The van der Waals surface area contributed by atoms with Crippen LogP contribution in [0.5, 0.6) is 0 Å². The lowest BCUT2D eigenvalue weighted by molar-refractivity contribution is -0.123. The Morgan fingerprint density at radius 2 is 2.33 bits per heavy atom. The van der Waals surface area contributed by atoms with Crippen LogP contribution in [-0.2, 0) is 9.53 Å². The normalized spacial score (nSPS) is 21.7. The quantitative estimate of drug-likeness (QED) is 0.714. The van der Waals surface area contributed by atoms with E-state index in [4.69, 9.17) is 9.84 Å². The summed E-state index contributed by atoms with van der Waals surface area (Å²) in [4.78, 5) is 11.5. The van der Waals surface area contributed by atoms with E-state index in [1.54, 1.807) is 13.8 Å². The maximum atomic E-state index is 11.5. The lowest BCUT2D eigenvalue weighted by Crippen LogP contribution is -2.46. The van der Waals surface area contributed by atoms with Crippen LogP contribution in [0, 0.1) is 0 Å². The van der Waals surface area contributed by atoms with Crippen LogP contribution in [-0.4, -0.2) is 35.9 Å². The summed E-state index contributed by atoms with van der Waals surface area (Å²) < 4.78 is 5.43. The van der Waals surface area contributed by atoms with E-state index in [-0.39, 0.29) is 18.6 Å². The van der Waals surface area contributed by atoms with Crippen molar-refractivity contribution >= 4 is 5.91 Å². The molecule has 0 aromatic carbocycles.